The number of morpholine rings is 1. The Bertz CT molecular complexity index is 1250. The first-order chi connectivity index (χ1) is 16.7. The summed E-state index contributed by atoms with van der Waals surface area (Å²) in [5.41, 5.74) is 3.82. The van der Waals surface area contributed by atoms with Crippen LogP contribution in [0.4, 0.5) is 5.13 Å². The number of carbonyl (C=O) groups excluding carboxylic acids is 1. The van der Waals surface area contributed by atoms with Crippen LogP contribution < -0.4 is 4.90 Å². The lowest BCUT2D eigenvalue weighted by molar-refractivity contribution is 0.0376. The Balaban J connectivity index is 1.38. The number of rotatable bonds is 7. The predicted octanol–water partition coefficient (Wildman–Crippen LogP) is 6.09. The maximum atomic E-state index is 13.7. The van der Waals surface area contributed by atoms with Gasteiger partial charge in [-0.25, -0.2) is 4.98 Å². The van der Waals surface area contributed by atoms with Crippen LogP contribution in [0.15, 0.2) is 77.3 Å². The van der Waals surface area contributed by atoms with Gasteiger partial charge in [-0.3, -0.25) is 14.6 Å². The standard InChI is InChI=1S/C27H26BrN3O2S/c28-23-11-12-24-25(19-23)34-27(29-24)31(14-4-13-30-15-17-33-18-16-30)26(32)22-9-7-21(8-10-22)20-5-2-1-3-6-20/h1-3,5-12,19H,4,13-18H2. The molecule has 0 unspecified atom stereocenters. The van der Waals surface area contributed by atoms with Crippen molar-refractivity contribution in [2.24, 2.45) is 0 Å². The smallest absolute Gasteiger partial charge is 0.260 e. The molecule has 4 aromatic rings. The van der Waals surface area contributed by atoms with Crippen molar-refractivity contribution in [2.45, 2.75) is 6.42 Å². The number of halogens is 1. The molecule has 2 heterocycles. The summed E-state index contributed by atoms with van der Waals surface area (Å²) in [6.45, 7) is 5.02. The molecule has 34 heavy (non-hydrogen) atoms. The van der Waals surface area contributed by atoms with E-state index in [1.165, 1.54) is 0 Å². The van der Waals surface area contributed by atoms with E-state index in [9.17, 15) is 4.79 Å². The number of thiazole rings is 1. The molecule has 0 radical (unpaired) electrons. The third-order valence-corrected chi connectivity index (χ3v) is 7.55. The van der Waals surface area contributed by atoms with Crippen LogP contribution in [-0.2, 0) is 4.74 Å². The molecular weight excluding hydrogens is 510 g/mol. The number of ether oxygens (including phenoxy) is 1. The van der Waals surface area contributed by atoms with Crippen LogP contribution >= 0.6 is 27.3 Å². The van der Waals surface area contributed by atoms with Crippen LogP contribution in [0.3, 0.4) is 0 Å². The van der Waals surface area contributed by atoms with Gasteiger partial charge in [-0.2, -0.15) is 0 Å². The molecule has 0 N–H and O–H groups in total. The highest BCUT2D eigenvalue weighted by Crippen LogP contribution is 2.32. The molecule has 0 bridgehead atoms. The van der Waals surface area contributed by atoms with Crippen molar-refractivity contribution < 1.29 is 9.53 Å². The van der Waals surface area contributed by atoms with Crippen molar-refractivity contribution in [2.75, 3.05) is 44.3 Å². The second kappa shape index (κ2) is 10.8. The molecule has 0 saturated carbocycles. The fraction of sp³-hybridized carbons (Fsp3) is 0.259. The van der Waals surface area contributed by atoms with Crippen molar-refractivity contribution >= 4 is 48.5 Å². The van der Waals surface area contributed by atoms with E-state index in [4.69, 9.17) is 9.72 Å². The molecule has 0 spiro atoms. The Morgan fingerprint density at radius 2 is 1.74 bits per heavy atom. The molecular formula is C27H26BrN3O2S. The third-order valence-electron chi connectivity index (χ3n) is 6.01. The number of anilines is 1. The molecule has 5 rings (SSSR count). The van der Waals surface area contributed by atoms with Crippen molar-refractivity contribution in [1.29, 1.82) is 0 Å². The molecule has 7 heteroatoms. The van der Waals surface area contributed by atoms with Gasteiger partial charge < -0.3 is 4.74 Å². The van der Waals surface area contributed by atoms with E-state index >= 15 is 0 Å². The van der Waals surface area contributed by atoms with Crippen LogP contribution in [0, 0.1) is 0 Å². The van der Waals surface area contributed by atoms with E-state index in [1.807, 2.05) is 59.5 Å². The van der Waals surface area contributed by atoms with Crippen molar-refractivity contribution in [3.05, 3.63) is 82.8 Å². The maximum Gasteiger partial charge on any atom is 0.260 e. The second-order valence-electron chi connectivity index (χ2n) is 8.32. The number of hydrogen-bond donors (Lipinski definition) is 0. The van der Waals surface area contributed by atoms with Gasteiger partial charge >= 0.3 is 0 Å². The Labute approximate surface area is 212 Å². The summed E-state index contributed by atoms with van der Waals surface area (Å²) in [5, 5.41) is 0.743. The predicted molar refractivity (Wildman–Crippen MR) is 143 cm³/mol. The van der Waals surface area contributed by atoms with Gasteiger partial charge in [0.2, 0.25) is 0 Å². The molecule has 1 aliphatic rings. The summed E-state index contributed by atoms with van der Waals surface area (Å²) in [4.78, 5) is 22.7. The van der Waals surface area contributed by atoms with Crippen LogP contribution in [0.25, 0.3) is 21.3 Å². The van der Waals surface area contributed by atoms with Gasteiger partial charge in [0.25, 0.3) is 5.91 Å². The summed E-state index contributed by atoms with van der Waals surface area (Å²) in [6.07, 6.45) is 0.882. The Hall–Kier alpha value is -2.58. The minimum atomic E-state index is -0.0142. The fourth-order valence-corrected chi connectivity index (χ4v) is 5.70. The summed E-state index contributed by atoms with van der Waals surface area (Å²) in [6, 6.07) is 24.1. The lowest BCUT2D eigenvalue weighted by atomic mass is 10.0. The SMILES string of the molecule is O=C(c1ccc(-c2ccccc2)cc1)N(CCCN1CCOCC1)c1nc2ccc(Br)cc2s1. The van der Waals surface area contributed by atoms with Gasteiger partial charge in [-0.05, 0) is 47.9 Å². The van der Waals surface area contributed by atoms with Gasteiger partial charge in [0.05, 0.1) is 23.4 Å². The molecule has 1 aliphatic heterocycles. The van der Waals surface area contributed by atoms with E-state index < -0.39 is 0 Å². The number of carbonyl (C=O) groups is 1. The molecule has 174 valence electrons. The van der Waals surface area contributed by atoms with E-state index in [-0.39, 0.29) is 5.91 Å². The molecule has 0 atom stereocenters. The molecule has 3 aromatic carbocycles. The highest BCUT2D eigenvalue weighted by molar-refractivity contribution is 9.10. The van der Waals surface area contributed by atoms with Crippen molar-refractivity contribution in [3.8, 4) is 11.1 Å². The lowest BCUT2D eigenvalue weighted by Gasteiger charge is -2.27. The average Bonchev–Trinajstić information content (AvgIpc) is 3.30. The lowest BCUT2D eigenvalue weighted by Crippen LogP contribution is -2.39. The van der Waals surface area contributed by atoms with Gasteiger partial charge in [0, 0.05) is 36.2 Å². The topological polar surface area (TPSA) is 45.7 Å². The quantitative estimate of drug-likeness (QED) is 0.287. The van der Waals surface area contributed by atoms with Crippen LogP contribution in [0.5, 0.6) is 0 Å². The summed E-state index contributed by atoms with van der Waals surface area (Å²) in [7, 11) is 0. The monoisotopic (exact) mass is 535 g/mol. The normalized spacial score (nSPS) is 14.4. The molecule has 1 saturated heterocycles. The van der Waals surface area contributed by atoms with Crippen LogP contribution in [0.1, 0.15) is 16.8 Å². The van der Waals surface area contributed by atoms with Crippen LogP contribution in [0.2, 0.25) is 0 Å². The highest BCUT2D eigenvalue weighted by Gasteiger charge is 2.22. The Kier molecular flexibility index (Phi) is 7.35. The zero-order valence-corrected chi connectivity index (χ0v) is 21.2. The minimum absolute atomic E-state index is 0.0142. The molecule has 1 fully saturated rings. The second-order valence-corrected chi connectivity index (χ2v) is 10.2. The largest absolute Gasteiger partial charge is 0.379 e. The first-order valence-electron chi connectivity index (χ1n) is 11.5. The zero-order valence-electron chi connectivity index (χ0n) is 18.8. The van der Waals surface area contributed by atoms with Gasteiger partial charge in [-0.1, -0.05) is 69.7 Å². The Morgan fingerprint density at radius 1 is 1.00 bits per heavy atom. The van der Waals surface area contributed by atoms with E-state index in [2.05, 4.69) is 39.0 Å². The fourth-order valence-electron chi connectivity index (χ4n) is 4.15. The summed E-state index contributed by atoms with van der Waals surface area (Å²) >= 11 is 5.10. The number of fused-ring (bicyclic) bond motifs is 1. The average molecular weight is 536 g/mol. The number of amides is 1. The molecule has 0 aliphatic carbocycles. The van der Waals surface area contributed by atoms with E-state index in [1.54, 1.807) is 11.3 Å². The maximum absolute atomic E-state index is 13.7. The molecule has 5 nitrogen and oxygen atoms in total. The first kappa shape index (κ1) is 23.2. The highest BCUT2D eigenvalue weighted by atomic mass is 79.9. The van der Waals surface area contributed by atoms with Crippen molar-refractivity contribution in [3.63, 3.8) is 0 Å². The van der Waals surface area contributed by atoms with Gasteiger partial charge in [-0.15, -0.1) is 0 Å². The number of aromatic nitrogens is 1. The zero-order chi connectivity index (χ0) is 23.3. The van der Waals surface area contributed by atoms with Crippen LogP contribution in [-0.4, -0.2) is 55.2 Å². The number of nitrogens with zero attached hydrogens (tertiary/aromatic N) is 3. The summed E-state index contributed by atoms with van der Waals surface area (Å²) < 4.78 is 7.53. The third kappa shape index (κ3) is 5.39. The van der Waals surface area contributed by atoms with Crippen molar-refractivity contribution in [1.82, 2.24) is 9.88 Å². The Morgan fingerprint density at radius 3 is 2.50 bits per heavy atom. The van der Waals surface area contributed by atoms with Gasteiger partial charge in [0.1, 0.15) is 0 Å². The first-order valence-corrected chi connectivity index (χ1v) is 13.1. The molecule has 1 aromatic heterocycles. The minimum Gasteiger partial charge on any atom is -0.379 e. The molecule has 1 amide bonds. The number of hydrogen-bond acceptors (Lipinski definition) is 5. The van der Waals surface area contributed by atoms with E-state index in [0.29, 0.717) is 12.1 Å². The van der Waals surface area contributed by atoms with E-state index in [0.717, 1.165) is 70.2 Å². The van der Waals surface area contributed by atoms with Gasteiger partial charge in [0.15, 0.2) is 5.13 Å². The number of benzene rings is 3. The summed E-state index contributed by atoms with van der Waals surface area (Å²) in [5.74, 6) is -0.0142.